The summed E-state index contributed by atoms with van der Waals surface area (Å²) in [5.74, 6) is 0. The SMILES string of the molecule is O[C@H](C[NH2+]CCc1c[nH]c2ccccc12)c1ccccc1. The third kappa shape index (κ3) is 3.32. The van der Waals surface area contributed by atoms with E-state index in [9.17, 15) is 5.11 Å². The number of aliphatic hydroxyl groups is 1. The van der Waals surface area contributed by atoms with Crippen molar-refractivity contribution in [2.45, 2.75) is 12.5 Å². The zero-order valence-electron chi connectivity index (χ0n) is 12.0. The topological polar surface area (TPSA) is 52.6 Å². The van der Waals surface area contributed by atoms with Gasteiger partial charge in [0.15, 0.2) is 0 Å². The van der Waals surface area contributed by atoms with Gasteiger partial charge in [0, 0.05) is 23.5 Å². The Hall–Kier alpha value is -2.10. The molecule has 2 aromatic carbocycles. The summed E-state index contributed by atoms with van der Waals surface area (Å²) in [5, 5.41) is 13.6. The minimum atomic E-state index is -0.394. The van der Waals surface area contributed by atoms with Crippen molar-refractivity contribution >= 4 is 10.9 Å². The van der Waals surface area contributed by atoms with Crippen LogP contribution >= 0.6 is 0 Å². The number of nitrogens with one attached hydrogen (secondary N) is 1. The molecule has 1 aromatic heterocycles. The summed E-state index contributed by atoms with van der Waals surface area (Å²) >= 11 is 0. The van der Waals surface area contributed by atoms with E-state index in [2.05, 4.69) is 34.7 Å². The van der Waals surface area contributed by atoms with Crippen LogP contribution in [0.5, 0.6) is 0 Å². The van der Waals surface area contributed by atoms with Crippen LogP contribution in [0.15, 0.2) is 60.8 Å². The molecule has 3 heteroatoms. The van der Waals surface area contributed by atoms with E-state index in [1.165, 1.54) is 16.5 Å². The lowest BCUT2D eigenvalue weighted by molar-refractivity contribution is -0.661. The van der Waals surface area contributed by atoms with Crippen LogP contribution in [-0.4, -0.2) is 23.2 Å². The molecule has 0 unspecified atom stereocenters. The molecule has 21 heavy (non-hydrogen) atoms. The molecule has 0 fully saturated rings. The molecular weight excluding hydrogens is 260 g/mol. The van der Waals surface area contributed by atoms with Crippen molar-refractivity contribution in [3.8, 4) is 0 Å². The van der Waals surface area contributed by atoms with Gasteiger partial charge in [-0.1, -0.05) is 48.5 Å². The summed E-state index contributed by atoms with van der Waals surface area (Å²) in [4.78, 5) is 3.30. The van der Waals surface area contributed by atoms with Crippen LogP contribution < -0.4 is 5.32 Å². The number of aromatic nitrogens is 1. The molecule has 0 aliphatic heterocycles. The van der Waals surface area contributed by atoms with Gasteiger partial charge in [-0.05, 0) is 17.2 Å². The minimum absolute atomic E-state index is 0.394. The Labute approximate surface area is 124 Å². The quantitative estimate of drug-likeness (QED) is 0.595. The van der Waals surface area contributed by atoms with Crippen molar-refractivity contribution in [3.63, 3.8) is 0 Å². The lowest BCUT2D eigenvalue weighted by Crippen LogP contribution is -2.85. The molecule has 0 spiro atoms. The van der Waals surface area contributed by atoms with Crippen LogP contribution in [0.4, 0.5) is 0 Å². The Morgan fingerprint density at radius 2 is 1.76 bits per heavy atom. The van der Waals surface area contributed by atoms with Crippen LogP contribution in [0.25, 0.3) is 10.9 Å². The fourth-order valence-electron chi connectivity index (χ4n) is 2.68. The number of rotatable bonds is 6. The summed E-state index contributed by atoms with van der Waals surface area (Å²) in [7, 11) is 0. The maximum Gasteiger partial charge on any atom is 0.128 e. The second-order valence-corrected chi connectivity index (χ2v) is 5.35. The van der Waals surface area contributed by atoms with Crippen LogP contribution in [-0.2, 0) is 6.42 Å². The highest BCUT2D eigenvalue weighted by Crippen LogP contribution is 2.17. The van der Waals surface area contributed by atoms with E-state index in [0.717, 1.165) is 18.5 Å². The second kappa shape index (κ2) is 6.57. The summed E-state index contributed by atoms with van der Waals surface area (Å²) in [6, 6.07) is 18.2. The fraction of sp³-hybridized carbons (Fsp3) is 0.222. The first-order valence-electron chi connectivity index (χ1n) is 7.44. The average molecular weight is 281 g/mol. The molecule has 0 radical (unpaired) electrons. The predicted octanol–water partition coefficient (Wildman–Crippen LogP) is 2.01. The van der Waals surface area contributed by atoms with E-state index < -0.39 is 6.10 Å². The van der Waals surface area contributed by atoms with Crippen LogP contribution in [0.1, 0.15) is 17.2 Å². The van der Waals surface area contributed by atoms with Crippen LogP contribution in [0.2, 0.25) is 0 Å². The minimum Gasteiger partial charge on any atom is -0.382 e. The van der Waals surface area contributed by atoms with E-state index in [1.807, 2.05) is 36.4 Å². The Kier molecular flexibility index (Phi) is 4.34. The molecule has 0 aliphatic carbocycles. The highest BCUT2D eigenvalue weighted by molar-refractivity contribution is 5.82. The molecule has 1 heterocycles. The molecule has 0 amide bonds. The van der Waals surface area contributed by atoms with Gasteiger partial charge in [-0.3, -0.25) is 0 Å². The maximum atomic E-state index is 10.1. The number of nitrogens with two attached hydrogens (primary N) is 1. The number of hydrogen-bond donors (Lipinski definition) is 3. The maximum absolute atomic E-state index is 10.1. The number of para-hydroxylation sites is 1. The highest BCUT2D eigenvalue weighted by atomic mass is 16.3. The van der Waals surface area contributed by atoms with Gasteiger partial charge >= 0.3 is 0 Å². The first kappa shape index (κ1) is 13.9. The Morgan fingerprint density at radius 1 is 1.00 bits per heavy atom. The molecule has 108 valence electrons. The van der Waals surface area contributed by atoms with Crippen LogP contribution in [0.3, 0.4) is 0 Å². The van der Waals surface area contributed by atoms with Gasteiger partial charge in [-0.25, -0.2) is 0 Å². The molecule has 3 nitrogen and oxygen atoms in total. The van der Waals surface area contributed by atoms with Gasteiger partial charge in [0.2, 0.25) is 0 Å². The molecule has 0 saturated heterocycles. The Balaban J connectivity index is 1.50. The van der Waals surface area contributed by atoms with Crippen molar-refractivity contribution < 1.29 is 10.4 Å². The summed E-state index contributed by atoms with van der Waals surface area (Å²) in [6.07, 6.45) is 2.70. The van der Waals surface area contributed by atoms with Crippen molar-refractivity contribution in [3.05, 3.63) is 71.9 Å². The molecular formula is C18H21N2O+. The van der Waals surface area contributed by atoms with Gasteiger partial charge < -0.3 is 15.4 Å². The monoisotopic (exact) mass is 281 g/mol. The first-order chi connectivity index (χ1) is 10.3. The second-order valence-electron chi connectivity index (χ2n) is 5.35. The molecule has 1 atom stereocenters. The van der Waals surface area contributed by atoms with E-state index >= 15 is 0 Å². The molecule has 0 aliphatic rings. The third-order valence-electron chi connectivity index (χ3n) is 3.87. The van der Waals surface area contributed by atoms with Gasteiger partial charge in [0.1, 0.15) is 12.6 Å². The zero-order chi connectivity index (χ0) is 14.5. The Bertz CT molecular complexity index is 691. The number of aromatic amines is 1. The van der Waals surface area contributed by atoms with E-state index in [1.54, 1.807) is 0 Å². The Morgan fingerprint density at radius 3 is 2.62 bits per heavy atom. The average Bonchev–Trinajstić information content (AvgIpc) is 2.95. The lowest BCUT2D eigenvalue weighted by atomic mass is 10.1. The number of aliphatic hydroxyl groups excluding tert-OH is 1. The number of H-pyrrole nitrogens is 1. The normalized spacial score (nSPS) is 12.6. The number of fused-ring (bicyclic) bond motifs is 1. The third-order valence-corrected chi connectivity index (χ3v) is 3.87. The summed E-state index contributed by atoms with van der Waals surface area (Å²) in [6.45, 7) is 1.68. The predicted molar refractivity (Wildman–Crippen MR) is 85.1 cm³/mol. The number of benzene rings is 2. The van der Waals surface area contributed by atoms with Gasteiger partial charge in [-0.15, -0.1) is 0 Å². The largest absolute Gasteiger partial charge is 0.382 e. The first-order valence-corrected chi connectivity index (χ1v) is 7.44. The molecule has 3 aromatic rings. The summed E-state index contributed by atoms with van der Waals surface area (Å²) in [5.41, 5.74) is 3.52. The van der Waals surface area contributed by atoms with Gasteiger partial charge in [0.05, 0.1) is 6.54 Å². The fourth-order valence-corrected chi connectivity index (χ4v) is 2.68. The van der Waals surface area contributed by atoms with E-state index in [4.69, 9.17) is 0 Å². The van der Waals surface area contributed by atoms with Gasteiger partial charge in [-0.2, -0.15) is 0 Å². The van der Waals surface area contributed by atoms with Gasteiger partial charge in [0.25, 0.3) is 0 Å². The zero-order valence-corrected chi connectivity index (χ0v) is 12.0. The molecule has 0 bridgehead atoms. The summed E-state index contributed by atoms with van der Waals surface area (Å²) < 4.78 is 0. The van der Waals surface area contributed by atoms with Crippen molar-refractivity contribution in [1.29, 1.82) is 0 Å². The molecule has 4 N–H and O–H groups in total. The lowest BCUT2D eigenvalue weighted by Gasteiger charge is -2.09. The van der Waals surface area contributed by atoms with Crippen LogP contribution in [0, 0.1) is 0 Å². The van der Waals surface area contributed by atoms with Crippen molar-refractivity contribution in [2.75, 3.05) is 13.1 Å². The number of hydrogen-bond acceptors (Lipinski definition) is 1. The molecule has 3 rings (SSSR count). The smallest absolute Gasteiger partial charge is 0.128 e. The van der Waals surface area contributed by atoms with Crippen molar-refractivity contribution in [1.82, 2.24) is 4.98 Å². The van der Waals surface area contributed by atoms with Crippen molar-refractivity contribution in [2.24, 2.45) is 0 Å². The highest BCUT2D eigenvalue weighted by Gasteiger charge is 2.09. The molecule has 0 saturated carbocycles. The van der Waals surface area contributed by atoms with E-state index in [-0.39, 0.29) is 0 Å². The standard InChI is InChI=1S/C18H20N2O/c21-18(14-6-2-1-3-7-14)13-19-11-10-15-12-20-17-9-5-4-8-16(15)17/h1-9,12,18-21H,10-11,13H2/p+1/t18-/m1/s1. The van der Waals surface area contributed by atoms with E-state index in [0.29, 0.717) is 6.54 Å². The number of quaternary nitrogens is 1.